The molecule has 158 valence electrons. The Morgan fingerprint density at radius 2 is 1.71 bits per heavy atom. The first-order chi connectivity index (χ1) is 14.8. The van der Waals surface area contributed by atoms with Crippen LogP contribution in [0.3, 0.4) is 0 Å². The summed E-state index contributed by atoms with van der Waals surface area (Å²) in [7, 11) is 0. The molecule has 31 heavy (non-hydrogen) atoms. The molecule has 0 atom stereocenters. The minimum absolute atomic E-state index is 0.165. The Bertz CT molecular complexity index is 1100. The molecule has 0 spiro atoms. The molecule has 0 aromatic heterocycles. The van der Waals surface area contributed by atoms with Crippen molar-refractivity contribution >= 4 is 11.6 Å². The van der Waals surface area contributed by atoms with E-state index >= 15 is 0 Å². The molecule has 0 aliphatic carbocycles. The molecule has 3 aromatic rings. The van der Waals surface area contributed by atoms with Gasteiger partial charge in [-0.15, -0.1) is 0 Å². The van der Waals surface area contributed by atoms with Crippen molar-refractivity contribution in [1.29, 1.82) is 5.26 Å². The lowest BCUT2D eigenvalue weighted by Gasteiger charge is -2.24. The van der Waals surface area contributed by atoms with Gasteiger partial charge in [0.1, 0.15) is 11.9 Å². The van der Waals surface area contributed by atoms with E-state index in [1.165, 1.54) is 6.07 Å². The quantitative estimate of drug-likeness (QED) is 0.525. The van der Waals surface area contributed by atoms with E-state index in [0.29, 0.717) is 23.3 Å². The number of halogens is 1. The van der Waals surface area contributed by atoms with Gasteiger partial charge in [0.05, 0.1) is 29.9 Å². The van der Waals surface area contributed by atoms with Crippen molar-refractivity contribution in [3.05, 3.63) is 89.2 Å². The average molecular weight is 416 g/mol. The Hall–Kier alpha value is -3.49. The van der Waals surface area contributed by atoms with Crippen LogP contribution in [0.15, 0.2) is 66.7 Å². The van der Waals surface area contributed by atoms with Crippen molar-refractivity contribution in [2.24, 2.45) is 5.41 Å². The van der Waals surface area contributed by atoms with Crippen LogP contribution in [0.2, 0.25) is 0 Å². The van der Waals surface area contributed by atoms with Crippen LogP contribution in [0, 0.1) is 29.5 Å². The maximum Gasteiger partial charge on any atom is 0.232 e. The van der Waals surface area contributed by atoms with Gasteiger partial charge in [-0.05, 0) is 43.5 Å². The molecular formula is C26H25FN2O2. The van der Waals surface area contributed by atoms with Crippen LogP contribution >= 0.6 is 0 Å². The zero-order valence-electron chi connectivity index (χ0n) is 17.9. The zero-order valence-corrected chi connectivity index (χ0v) is 17.9. The fourth-order valence-corrected chi connectivity index (χ4v) is 3.33. The second-order valence-corrected chi connectivity index (χ2v) is 8.08. The minimum Gasteiger partial charge on any atom is -0.376 e. The Labute approximate surface area is 182 Å². The number of nitrogens with zero attached hydrogens (tertiary/aromatic N) is 1. The number of benzene rings is 3. The molecule has 0 aliphatic heterocycles. The lowest BCUT2D eigenvalue weighted by molar-refractivity contribution is -0.127. The molecule has 0 saturated heterocycles. The maximum atomic E-state index is 15.0. The summed E-state index contributed by atoms with van der Waals surface area (Å²) in [6.45, 7) is 5.76. The molecular weight excluding hydrogens is 391 g/mol. The third-order valence-electron chi connectivity index (χ3n) is 5.14. The fourth-order valence-electron chi connectivity index (χ4n) is 3.33. The average Bonchev–Trinajstić information content (AvgIpc) is 2.75. The minimum atomic E-state index is -0.871. The van der Waals surface area contributed by atoms with Crippen LogP contribution in [0.5, 0.6) is 0 Å². The summed E-state index contributed by atoms with van der Waals surface area (Å²) in [5.74, 6) is -0.834. The summed E-state index contributed by atoms with van der Waals surface area (Å²) in [6, 6.07) is 22.1. The van der Waals surface area contributed by atoms with Crippen molar-refractivity contribution < 1.29 is 13.9 Å². The lowest BCUT2D eigenvalue weighted by atomic mass is 9.92. The summed E-state index contributed by atoms with van der Waals surface area (Å²) >= 11 is 0. The molecule has 5 heteroatoms. The van der Waals surface area contributed by atoms with E-state index in [9.17, 15) is 14.4 Å². The van der Waals surface area contributed by atoms with Crippen molar-refractivity contribution in [1.82, 2.24) is 0 Å². The van der Waals surface area contributed by atoms with Gasteiger partial charge < -0.3 is 10.1 Å². The summed E-state index contributed by atoms with van der Waals surface area (Å²) in [5, 5.41) is 12.4. The highest BCUT2D eigenvalue weighted by molar-refractivity contribution is 5.97. The molecule has 1 N–H and O–H groups in total. The number of ether oxygens (including phenoxy) is 1. The Morgan fingerprint density at radius 3 is 2.32 bits per heavy atom. The van der Waals surface area contributed by atoms with E-state index in [1.54, 1.807) is 32.9 Å². The number of nitriles is 1. The van der Waals surface area contributed by atoms with Crippen LogP contribution in [0.1, 0.15) is 30.5 Å². The van der Waals surface area contributed by atoms with E-state index in [4.69, 9.17) is 4.74 Å². The van der Waals surface area contributed by atoms with Crippen molar-refractivity contribution in [2.45, 2.75) is 27.4 Å². The molecule has 0 radical (unpaired) electrons. The molecule has 0 saturated carbocycles. The maximum absolute atomic E-state index is 15.0. The van der Waals surface area contributed by atoms with Crippen LogP contribution in [0.25, 0.3) is 11.1 Å². The van der Waals surface area contributed by atoms with Crippen molar-refractivity contribution in [3.63, 3.8) is 0 Å². The smallest absolute Gasteiger partial charge is 0.232 e. The highest BCUT2D eigenvalue weighted by Gasteiger charge is 2.29. The largest absolute Gasteiger partial charge is 0.376 e. The third-order valence-corrected chi connectivity index (χ3v) is 5.14. The monoisotopic (exact) mass is 416 g/mol. The number of hydrogen-bond acceptors (Lipinski definition) is 3. The second-order valence-electron chi connectivity index (χ2n) is 8.08. The predicted octanol–water partition coefficient (Wildman–Crippen LogP) is 5.85. The number of anilines is 1. The molecule has 4 nitrogen and oxygen atoms in total. The summed E-state index contributed by atoms with van der Waals surface area (Å²) < 4.78 is 20.7. The third kappa shape index (κ3) is 5.17. The topological polar surface area (TPSA) is 62.1 Å². The van der Waals surface area contributed by atoms with Crippen molar-refractivity contribution in [3.8, 4) is 17.2 Å². The highest BCUT2D eigenvalue weighted by Crippen LogP contribution is 2.33. The lowest BCUT2D eigenvalue weighted by Crippen LogP contribution is -2.35. The highest BCUT2D eigenvalue weighted by atomic mass is 19.1. The SMILES string of the molecule is Cc1c(C#N)c(NC(=O)C(C)(C)COCc2ccccc2)cc(F)c1-c1ccccc1. The number of rotatable bonds is 7. The van der Waals surface area contributed by atoms with Gasteiger partial charge in [-0.2, -0.15) is 5.26 Å². The Morgan fingerprint density at radius 1 is 1.10 bits per heavy atom. The first kappa shape index (κ1) is 22.2. The zero-order chi connectivity index (χ0) is 22.4. The van der Waals surface area contributed by atoms with Gasteiger partial charge in [-0.25, -0.2) is 4.39 Å². The van der Waals surface area contributed by atoms with Gasteiger partial charge in [0.25, 0.3) is 0 Å². The molecule has 0 fully saturated rings. The van der Waals surface area contributed by atoms with Gasteiger partial charge in [0.2, 0.25) is 5.91 Å². The van der Waals surface area contributed by atoms with Gasteiger partial charge in [-0.3, -0.25) is 4.79 Å². The van der Waals surface area contributed by atoms with Crippen LogP contribution in [-0.4, -0.2) is 12.5 Å². The van der Waals surface area contributed by atoms with Crippen LogP contribution in [-0.2, 0) is 16.1 Å². The molecule has 0 bridgehead atoms. The normalized spacial score (nSPS) is 11.1. The van der Waals surface area contributed by atoms with Gasteiger partial charge >= 0.3 is 0 Å². The molecule has 3 rings (SSSR count). The summed E-state index contributed by atoms with van der Waals surface area (Å²) in [5.41, 5.74) is 2.08. The van der Waals surface area contributed by atoms with Crippen LogP contribution in [0.4, 0.5) is 10.1 Å². The summed E-state index contributed by atoms with van der Waals surface area (Å²) in [6.07, 6.45) is 0. The number of hydrogen-bond donors (Lipinski definition) is 1. The van der Waals surface area contributed by atoms with E-state index < -0.39 is 11.2 Å². The first-order valence-corrected chi connectivity index (χ1v) is 10.0. The molecule has 0 unspecified atom stereocenters. The van der Waals surface area contributed by atoms with Crippen molar-refractivity contribution in [2.75, 3.05) is 11.9 Å². The fraction of sp³-hybridized carbons (Fsp3) is 0.231. The second kappa shape index (κ2) is 9.55. The molecule has 0 heterocycles. The molecule has 1 amide bonds. The van der Waals surface area contributed by atoms with Crippen LogP contribution < -0.4 is 5.32 Å². The standard InChI is InChI=1S/C26H25FN2O2/c1-18-21(15-28)23(14-22(27)24(18)20-12-8-5-9-13-20)29-25(30)26(2,3)17-31-16-19-10-6-4-7-11-19/h4-14H,16-17H2,1-3H3,(H,29,30). The number of carbonyl (C=O) groups is 1. The van der Waals surface area contributed by atoms with E-state index in [-0.39, 0.29) is 23.8 Å². The number of carbonyl (C=O) groups excluding carboxylic acids is 1. The number of nitrogens with one attached hydrogen (secondary N) is 1. The van der Waals surface area contributed by atoms with Gasteiger partial charge in [0.15, 0.2) is 0 Å². The van der Waals surface area contributed by atoms with Gasteiger partial charge in [0, 0.05) is 5.56 Å². The predicted molar refractivity (Wildman–Crippen MR) is 120 cm³/mol. The Kier molecular flexibility index (Phi) is 6.84. The van der Waals surface area contributed by atoms with E-state index in [0.717, 1.165) is 5.56 Å². The molecule has 0 aliphatic rings. The Balaban J connectivity index is 1.78. The number of amides is 1. The van der Waals surface area contributed by atoms with E-state index in [2.05, 4.69) is 11.4 Å². The molecule has 3 aromatic carbocycles. The van der Waals surface area contributed by atoms with E-state index in [1.807, 2.05) is 48.5 Å². The first-order valence-electron chi connectivity index (χ1n) is 10.0. The summed E-state index contributed by atoms with van der Waals surface area (Å²) in [4.78, 5) is 12.9. The van der Waals surface area contributed by atoms with Gasteiger partial charge in [-0.1, -0.05) is 60.7 Å².